The summed E-state index contributed by atoms with van der Waals surface area (Å²) in [5.41, 5.74) is 2.27. The van der Waals surface area contributed by atoms with E-state index in [1.807, 2.05) is 55.5 Å². The first kappa shape index (κ1) is 17.9. The number of aromatic nitrogens is 1. The molecule has 128 valence electrons. The van der Waals surface area contributed by atoms with E-state index >= 15 is 0 Å². The summed E-state index contributed by atoms with van der Waals surface area (Å²) < 4.78 is 0. The van der Waals surface area contributed by atoms with Gasteiger partial charge in [-0.1, -0.05) is 36.4 Å². The number of benzene rings is 1. The van der Waals surface area contributed by atoms with Gasteiger partial charge < -0.3 is 15.1 Å². The third-order valence-electron chi connectivity index (χ3n) is 3.73. The number of carbonyl (C=O) groups is 1. The normalized spacial score (nSPS) is 10.6. The molecule has 0 aliphatic carbocycles. The van der Waals surface area contributed by atoms with E-state index in [0.717, 1.165) is 18.5 Å². The topological polar surface area (TPSA) is 48.5 Å². The van der Waals surface area contributed by atoms with Crippen molar-refractivity contribution in [3.63, 3.8) is 0 Å². The van der Waals surface area contributed by atoms with Crippen LogP contribution in [0.5, 0.6) is 0 Å². The Hall–Kier alpha value is -2.40. The molecular weight excluding hydrogens is 300 g/mol. The zero-order chi connectivity index (χ0) is 17.2. The summed E-state index contributed by atoms with van der Waals surface area (Å²) in [4.78, 5) is 20.6. The maximum atomic E-state index is 12.5. The number of likely N-dealkylation sites (N-methyl/N-ethyl adjacent to an activating group) is 1. The second-order valence-electron chi connectivity index (χ2n) is 6.05. The molecule has 2 aromatic rings. The van der Waals surface area contributed by atoms with Crippen LogP contribution in [-0.4, -0.2) is 54.5 Å². The number of carbonyl (C=O) groups excluding carboxylic acids is 1. The molecule has 0 atom stereocenters. The van der Waals surface area contributed by atoms with Gasteiger partial charge in [0.25, 0.3) is 0 Å². The molecule has 5 nitrogen and oxygen atoms in total. The van der Waals surface area contributed by atoms with Crippen LogP contribution in [0.25, 0.3) is 0 Å². The quantitative estimate of drug-likeness (QED) is 0.810. The number of rotatable bonds is 8. The van der Waals surface area contributed by atoms with E-state index < -0.39 is 0 Å². The van der Waals surface area contributed by atoms with Crippen LogP contribution < -0.4 is 5.32 Å². The van der Waals surface area contributed by atoms with Crippen molar-refractivity contribution in [1.29, 1.82) is 0 Å². The zero-order valence-electron chi connectivity index (χ0n) is 14.5. The van der Waals surface area contributed by atoms with Crippen LogP contribution in [0, 0.1) is 0 Å². The molecule has 0 unspecified atom stereocenters. The summed E-state index contributed by atoms with van der Waals surface area (Å²) in [6, 6.07) is 14.1. The van der Waals surface area contributed by atoms with Gasteiger partial charge in [0.05, 0.1) is 0 Å². The largest absolute Gasteiger partial charge is 0.337 e. The van der Waals surface area contributed by atoms with Crippen LogP contribution >= 0.6 is 0 Å². The summed E-state index contributed by atoms with van der Waals surface area (Å²) >= 11 is 0. The predicted molar refractivity (Wildman–Crippen MR) is 96.7 cm³/mol. The van der Waals surface area contributed by atoms with Crippen molar-refractivity contribution in [1.82, 2.24) is 20.1 Å². The molecule has 0 saturated carbocycles. The number of nitrogens with one attached hydrogen (secondary N) is 1. The highest BCUT2D eigenvalue weighted by Gasteiger charge is 2.13. The minimum Gasteiger partial charge on any atom is -0.337 e. The summed E-state index contributed by atoms with van der Waals surface area (Å²) in [6.45, 7) is 2.70. The molecule has 0 bridgehead atoms. The maximum absolute atomic E-state index is 12.5. The molecular formula is C19H26N4O. The van der Waals surface area contributed by atoms with Crippen molar-refractivity contribution < 1.29 is 4.79 Å². The molecule has 1 N–H and O–H groups in total. The van der Waals surface area contributed by atoms with Gasteiger partial charge in [0, 0.05) is 38.6 Å². The average Bonchev–Trinajstić information content (AvgIpc) is 2.60. The molecule has 0 saturated heterocycles. The highest BCUT2D eigenvalue weighted by atomic mass is 16.2. The first-order valence-corrected chi connectivity index (χ1v) is 8.25. The second-order valence-corrected chi connectivity index (χ2v) is 6.05. The monoisotopic (exact) mass is 326 g/mol. The fourth-order valence-corrected chi connectivity index (χ4v) is 2.37. The van der Waals surface area contributed by atoms with Gasteiger partial charge in [0.1, 0.15) is 0 Å². The van der Waals surface area contributed by atoms with Crippen molar-refractivity contribution in [2.24, 2.45) is 0 Å². The lowest BCUT2D eigenvalue weighted by Crippen LogP contribution is -2.42. The first-order valence-electron chi connectivity index (χ1n) is 8.25. The lowest BCUT2D eigenvalue weighted by atomic mass is 10.1. The highest BCUT2D eigenvalue weighted by Crippen LogP contribution is 2.07. The Kier molecular flexibility index (Phi) is 7.23. The maximum Gasteiger partial charge on any atom is 0.317 e. The number of hydrogen-bond acceptors (Lipinski definition) is 3. The Labute approximate surface area is 144 Å². The van der Waals surface area contributed by atoms with Crippen LogP contribution in [0.2, 0.25) is 0 Å². The SMILES string of the molecule is CN(C)CCNC(=O)N(CCc1ccccc1)Cc1cccnc1. The number of nitrogens with zero attached hydrogens (tertiary/aromatic N) is 3. The number of hydrogen-bond donors (Lipinski definition) is 1. The average molecular weight is 326 g/mol. The molecule has 0 fully saturated rings. The Bertz CT molecular complexity index is 601. The van der Waals surface area contributed by atoms with E-state index in [9.17, 15) is 4.79 Å². The van der Waals surface area contributed by atoms with E-state index in [1.54, 1.807) is 6.20 Å². The van der Waals surface area contributed by atoms with Gasteiger partial charge >= 0.3 is 6.03 Å². The van der Waals surface area contributed by atoms with Gasteiger partial charge in [0.15, 0.2) is 0 Å². The van der Waals surface area contributed by atoms with Crippen LogP contribution in [0.3, 0.4) is 0 Å². The summed E-state index contributed by atoms with van der Waals surface area (Å²) in [5.74, 6) is 0. The van der Waals surface area contributed by atoms with Gasteiger partial charge in [0.2, 0.25) is 0 Å². The second kappa shape index (κ2) is 9.67. The molecule has 24 heavy (non-hydrogen) atoms. The molecule has 5 heteroatoms. The Balaban J connectivity index is 1.96. The van der Waals surface area contributed by atoms with Crippen LogP contribution in [0.4, 0.5) is 4.79 Å². The molecule has 2 rings (SSSR count). The van der Waals surface area contributed by atoms with E-state index in [0.29, 0.717) is 19.6 Å². The van der Waals surface area contributed by atoms with E-state index in [-0.39, 0.29) is 6.03 Å². The Morgan fingerprint density at radius 2 is 1.79 bits per heavy atom. The standard InChI is InChI=1S/C19H26N4O/c1-22(2)14-12-21-19(24)23(16-18-9-6-11-20-15-18)13-10-17-7-4-3-5-8-17/h3-9,11,15H,10,12-14,16H2,1-2H3,(H,21,24). The molecule has 1 aromatic heterocycles. The first-order chi connectivity index (χ1) is 11.6. The molecule has 1 heterocycles. The number of pyridine rings is 1. The van der Waals surface area contributed by atoms with Gasteiger partial charge in [-0.25, -0.2) is 4.79 Å². The lowest BCUT2D eigenvalue weighted by Gasteiger charge is -2.24. The Morgan fingerprint density at radius 1 is 1.04 bits per heavy atom. The van der Waals surface area contributed by atoms with Crippen LogP contribution in [0.15, 0.2) is 54.9 Å². The molecule has 0 aliphatic rings. The fraction of sp³-hybridized carbons (Fsp3) is 0.368. The fourth-order valence-electron chi connectivity index (χ4n) is 2.37. The minimum absolute atomic E-state index is 0.0309. The van der Waals surface area contributed by atoms with Crippen molar-refractivity contribution in [3.05, 3.63) is 66.0 Å². The van der Waals surface area contributed by atoms with Gasteiger partial charge in [-0.15, -0.1) is 0 Å². The molecule has 0 radical (unpaired) electrons. The van der Waals surface area contributed by atoms with Crippen LogP contribution in [-0.2, 0) is 13.0 Å². The molecule has 0 aliphatic heterocycles. The third kappa shape index (κ3) is 6.38. The van der Waals surface area contributed by atoms with Gasteiger partial charge in [-0.2, -0.15) is 0 Å². The molecule has 0 spiro atoms. The predicted octanol–water partition coefficient (Wildman–Crippen LogP) is 2.40. The highest BCUT2D eigenvalue weighted by molar-refractivity contribution is 5.74. The van der Waals surface area contributed by atoms with Gasteiger partial charge in [-0.3, -0.25) is 4.98 Å². The minimum atomic E-state index is -0.0309. The summed E-state index contributed by atoms with van der Waals surface area (Å²) in [7, 11) is 3.99. The van der Waals surface area contributed by atoms with E-state index in [1.165, 1.54) is 5.56 Å². The lowest BCUT2D eigenvalue weighted by molar-refractivity contribution is 0.194. The number of urea groups is 1. The van der Waals surface area contributed by atoms with Crippen molar-refractivity contribution >= 4 is 6.03 Å². The number of amides is 2. The van der Waals surface area contributed by atoms with Gasteiger partial charge in [-0.05, 0) is 37.7 Å². The third-order valence-corrected chi connectivity index (χ3v) is 3.73. The zero-order valence-corrected chi connectivity index (χ0v) is 14.5. The van der Waals surface area contributed by atoms with Crippen molar-refractivity contribution in [2.45, 2.75) is 13.0 Å². The Morgan fingerprint density at radius 3 is 2.46 bits per heavy atom. The van der Waals surface area contributed by atoms with Crippen molar-refractivity contribution in [3.8, 4) is 0 Å². The van der Waals surface area contributed by atoms with Crippen LogP contribution in [0.1, 0.15) is 11.1 Å². The van der Waals surface area contributed by atoms with E-state index in [2.05, 4.69) is 27.3 Å². The molecule has 2 amide bonds. The summed E-state index contributed by atoms with van der Waals surface area (Å²) in [5, 5.41) is 3.00. The smallest absolute Gasteiger partial charge is 0.317 e. The van der Waals surface area contributed by atoms with Crippen molar-refractivity contribution in [2.75, 3.05) is 33.7 Å². The summed E-state index contributed by atoms with van der Waals surface area (Å²) in [6.07, 6.45) is 4.39. The molecule has 1 aromatic carbocycles. The van der Waals surface area contributed by atoms with E-state index in [4.69, 9.17) is 0 Å².